The second-order valence-corrected chi connectivity index (χ2v) is 5.47. The van der Waals surface area contributed by atoms with Gasteiger partial charge in [0.25, 0.3) is 0 Å². The summed E-state index contributed by atoms with van der Waals surface area (Å²) in [5.74, 6) is 0.539. The van der Waals surface area contributed by atoms with Gasteiger partial charge in [-0.25, -0.2) is 4.52 Å². The van der Waals surface area contributed by atoms with E-state index in [0.29, 0.717) is 5.75 Å². The van der Waals surface area contributed by atoms with E-state index in [9.17, 15) is 4.57 Å². The summed E-state index contributed by atoms with van der Waals surface area (Å²) in [5.41, 5.74) is 1.02. The molecule has 3 nitrogen and oxygen atoms in total. The summed E-state index contributed by atoms with van der Waals surface area (Å²) in [5, 5.41) is 0. The fourth-order valence-electron chi connectivity index (χ4n) is 2.16. The largest absolute Gasteiger partial charge is 0.747 e. The molecule has 0 saturated carbocycles. The van der Waals surface area contributed by atoms with Crippen molar-refractivity contribution in [3.05, 3.63) is 29.8 Å². The van der Waals surface area contributed by atoms with Crippen LogP contribution in [0.2, 0.25) is 0 Å². The molecule has 0 radical (unpaired) electrons. The SMILES string of the molecule is CCCCCCCCCc1ccccc1O[P+](=O)O. The van der Waals surface area contributed by atoms with Gasteiger partial charge in [0.15, 0.2) is 5.75 Å². The highest BCUT2D eigenvalue weighted by Gasteiger charge is 2.16. The average molecular weight is 283 g/mol. The van der Waals surface area contributed by atoms with Crippen molar-refractivity contribution in [3.63, 3.8) is 0 Å². The Morgan fingerprint density at radius 2 is 1.68 bits per heavy atom. The van der Waals surface area contributed by atoms with Crippen LogP contribution in [0.4, 0.5) is 0 Å². The summed E-state index contributed by atoms with van der Waals surface area (Å²) in [4.78, 5) is 8.81. The van der Waals surface area contributed by atoms with E-state index in [2.05, 4.69) is 6.92 Å². The minimum absolute atomic E-state index is 0.539. The molecule has 106 valence electrons. The standard InChI is InChI=1S/C15H23O3P/c1-2-3-4-5-6-7-8-11-14-12-9-10-13-15(14)18-19(16)17/h9-10,12-13H,2-8,11H2,1H3/p+1. The molecule has 1 unspecified atom stereocenters. The highest BCUT2D eigenvalue weighted by Crippen LogP contribution is 2.27. The molecule has 19 heavy (non-hydrogen) atoms. The number of rotatable bonds is 10. The zero-order chi connectivity index (χ0) is 13.9. The summed E-state index contributed by atoms with van der Waals surface area (Å²) in [7, 11) is -2.57. The third-order valence-corrected chi connectivity index (χ3v) is 3.55. The number of hydrogen-bond donors (Lipinski definition) is 1. The van der Waals surface area contributed by atoms with Crippen LogP contribution in [0.5, 0.6) is 5.75 Å². The molecule has 0 bridgehead atoms. The van der Waals surface area contributed by atoms with Crippen molar-refractivity contribution < 1.29 is 14.0 Å². The minimum atomic E-state index is -2.57. The van der Waals surface area contributed by atoms with Crippen LogP contribution in [-0.4, -0.2) is 4.89 Å². The Morgan fingerprint density at radius 1 is 1.05 bits per heavy atom. The molecule has 1 N–H and O–H groups in total. The first-order chi connectivity index (χ1) is 9.24. The monoisotopic (exact) mass is 283 g/mol. The van der Waals surface area contributed by atoms with Gasteiger partial charge in [-0.05, 0) is 18.9 Å². The van der Waals surface area contributed by atoms with Crippen LogP contribution < -0.4 is 4.52 Å². The molecule has 0 heterocycles. The summed E-state index contributed by atoms with van der Waals surface area (Å²) in [6.07, 6.45) is 9.77. The number of hydrogen-bond acceptors (Lipinski definition) is 2. The molecule has 4 heteroatoms. The molecule has 0 saturated heterocycles. The third kappa shape index (κ3) is 7.29. The third-order valence-electron chi connectivity index (χ3n) is 3.20. The maximum Gasteiger partial charge on any atom is 0.747 e. The quantitative estimate of drug-likeness (QED) is 0.485. The molecule has 1 rings (SSSR count). The number of para-hydroxylation sites is 1. The van der Waals surface area contributed by atoms with Crippen molar-refractivity contribution in [1.82, 2.24) is 0 Å². The van der Waals surface area contributed by atoms with Crippen molar-refractivity contribution in [1.29, 1.82) is 0 Å². The molecule has 1 aromatic rings. The molecule has 1 atom stereocenters. The van der Waals surface area contributed by atoms with Crippen molar-refractivity contribution in [3.8, 4) is 5.75 Å². The van der Waals surface area contributed by atoms with E-state index in [1.54, 1.807) is 6.07 Å². The maximum atomic E-state index is 10.7. The Labute approximate surface area is 117 Å². The molecule has 1 aromatic carbocycles. The normalized spacial score (nSPS) is 11.4. The lowest BCUT2D eigenvalue weighted by Gasteiger charge is -2.04. The smallest absolute Gasteiger partial charge is 0.229 e. The lowest BCUT2D eigenvalue weighted by Crippen LogP contribution is -1.91. The second kappa shape index (κ2) is 9.94. The number of aryl methyl sites for hydroxylation is 1. The highest BCUT2D eigenvalue weighted by atomic mass is 31.1. The topological polar surface area (TPSA) is 46.5 Å². The van der Waals surface area contributed by atoms with Gasteiger partial charge >= 0.3 is 8.25 Å². The Morgan fingerprint density at radius 3 is 2.37 bits per heavy atom. The van der Waals surface area contributed by atoms with E-state index < -0.39 is 8.25 Å². The van der Waals surface area contributed by atoms with Crippen LogP contribution in [-0.2, 0) is 11.0 Å². The minimum Gasteiger partial charge on any atom is -0.229 e. The van der Waals surface area contributed by atoms with Gasteiger partial charge in [-0.1, -0.05) is 63.6 Å². The summed E-state index contributed by atoms with van der Waals surface area (Å²) in [6.45, 7) is 2.23. The van der Waals surface area contributed by atoms with Gasteiger partial charge in [0.2, 0.25) is 0 Å². The highest BCUT2D eigenvalue weighted by molar-refractivity contribution is 7.32. The zero-order valence-corrected chi connectivity index (χ0v) is 12.6. The van der Waals surface area contributed by atoms with Gasteiger partial charge < -0.3 is 0 Å². The zero-order valence-electron chi connectivity index (χ0n) is 11.7. The van der Waals surface area contributed by atoms with E-state index in [-0.39, 0.29) is 0 Å². The van der Waals surface area contributed by atoms with Gasteiger partial charge in [0.1, 0.15) is 0 Å². The molecule has 0 aliphatic rings. The van der Waals surface area contributed by atoms with Crippen molar-refractivity contribution >= 4 is 8.25 Å². The first-order valence-corrected chi connectivity index (χ1v) is 8.29. The Bertz CT molecular complexity index is 379. The van der Waals surface area contributed by atoms with Crippen LogP contribution >= 0.6 is 8.25 Å². The van der Waals surface area contributed by atoms with E-state index in [1.165, 1.54) is 38.5 Å². The van der Waals surface area contributed by atoms with Crippen LogP contribution in [0, 0.1) is 0 Å². The molecule has 0 fully saturated rings. The average Bonchev–Trinajstić information content (AvgIpc) is 2.39. The van der Waals surface area contributed by atoms with Gasteiger partial charge in [-0.3, -0.25) is 0 Å². The van der Waals surface area contributed by atoms with Crippen molar-refractivity contribution in [2.75, 3.05) is 0 Å². The first-order valence-electron chi connectivity index (χ1n) is 7.16. The molecular formula is C15H24O3P+. The van der Waals surface area contributed by atoms with Gasteiger partial charge in [-0.15, -0.1) is 4.89 Å². The van der Waals surface area contributed by atoms with Crippen molar-refractivity contribution in [2.24, 2.45) is 0 Å². The van der Waals surface area contributed by atoms with Gasteiger partial charge in [-0.2, -0.15) is 0 Å². The van der Waals surface area contributed by atoms with Crippen LogP contribution in [0.25, 0.3) is 0 Å². The van der Waals surface area contributed by atoms with E-state index >= 15 is 0 Å². The molecule has 0 aliphatic carbocycles. The van der Waals surface area contributed by atoms with E-state index in [1.807, 2.05) is 18.2 Å². The lowest BCUT2D eigenvalue weighted by molar-refractivity contribution is 0.408. The van der Waals surface area contributed by atoms with Crippen LogP contribution in [0.15, 0.2) is 24.3 Å². The molecule has 0 spiro atoms. The summed E-state index contributed by atoms with van der Waals surface area (Å²) < 4.78 is 15.6. The van der Waals surface area contributed by atoms with E-state index in [0.717, 1.165) is 18.4 Å². The Kier molecular flexibility index (Phi) is 8.44. The number of benzene rings is 1. The molecule has 0 amide bonds. The Hall–Kier alpha value is -0.920. The van der Waals surface area contributed by atoms with Crippen LogP contribution in [0.1, 0.15) is 57.4 Å². The predicted octanol–water partition coefficient (Wildman–Crippen LogP) is 5.01. The summed E-state index contributed by atoms with van der Waals surface area (Å²) >= 11 is 0. The molecule has 0 aliphatic heterocycles. The van der Waals surface area contributed by atoms with E-state index in [4.69, 9.17) is 9.42 Å². The predicted molar refractivity (Wildman–Crippen MR) is 78.6 cm³/mol. The fourth-order valence-corrected chi connectivity index (χ4v) is 2.50. The fraction of sp³-hybridized carbons (Fsp3) is 0.600. The first kappa shape index (κ1) is 16.1. The second-order valence-electron chi connectivity index (χ2n) is 4.81. The van der Waals surface area contributed by atoms with Crippen molar-refractivity contribution in [2.45, 2.75) is 58.3 Å². The maximum absolute atomic E-state index is 10.7. The van der Waals surface area contributed by atoms with Crippen LogP contribution in [0.3, 0.4) is 0 Å². The van der Waals surface area contributed by atoms with Gasteiger partial charge in [0, 0.05) is 10.1 Å². The molecular weight excluding hydrogens is 259 g/mol. The summed E-state index contributed by atoms with van der Waals surface area (Å²) in [6, 6.07) is 7.47. The van der Waals surface area contributed by atoms with Gasteiger partial charge in [0.05, 0.1) is 0 Å². The Balaban J connectivity index is 2.26. The number of unbranched alkanes of at least 4 members (excludes halogenated alkanes) is 6. The molecule has 0 aromatic heterocycles. The lowest BCUT2D eigenvalue weighted by atomic mass is 10.0.